The number of methoxy groups -OCH3 is 2. The molecule has 17 heteroatoms. The summed E-state index contributed by atoms with van der Waals surface area (Å²) in [5.41, 5.74) is 0.136. The highest BCUT2D eigenvalue weighted by atomic mass is 32.1. The average molecular weight is 670 g/mol. The Hall–Kier alpha value is -3.96. The van der Waals surface area contributed by atoms with Gasteiger partial charge in [-0.15, -0.1) is 14.5 Å². The number of nitrogens with one attached hydrogen (secondary N) is 1. The third-order valence-corrected chi connectivity index (χ3v) is 7.22. The lowest BCUT2D eigenvalue weighted by atomic mass is 10.1. The Labute approximate surface area is 272 Å². The Balaban J connectivity index is 1.71. The number of ether oxygens (including phenoxy) is 6. The molecule has 1 fully saturated rings. The van der Waals surface area contributed by atoms with Crippen LogP contribution in [0.25, 0.3) is 0 Å². The predicted octanol–water partition coefficient (Wildman–Crippen LogP) is 3.20. The van der Waals surface area contributed by atoms with E-state index >= 15 is 0 Å². The van der Waals surface area contributed by atoms with Crippen LogP contribution in [0, 0.1) is 10.1 Å². The minimum atomic E-state index is -0.851. The molecule has 46 heavy (non-hydrogen) atoms. The number of carbonyl (C=O) groups is 2. The molecule has 2 aromatic rings. The lowest BCUT2D eigenvalue weighted by Gasteiger charge is -2.28. The van der Waals surface area contributed by atoms with Crippen LogP contribution in [0.15, 0.2) is 12.1 Å². The number of morpholine rings is 1. The monoisotopic (exact) mass is 669 g/mol. The molecule has 0 aliphatic carbocycles. The third kappa shape index (κ3) is 12.1. The SMILES string of the molecule is COc1cc(COC(=O)CCCCCO[N+](=O)[O-])c(C(=O)O[C@@H](CNC(C)(C)C)COc2nsnc2N2CCOCC2)c(OC)c1. The zero-order valence-corrected chi connectivity index (χ0v) is 27.7. The molecule has 0 radical (unpaired) electrons. The molecule has 1 saturated heterocycles. The van der Waals surface area contributed by atoms with Crippen molar-refractivity contribution in [2.24, 2.45) is 0 Å². The molecule has 1 N–H and O–H groups in total. The third-order valence-electron chi connectivity index (χ3n) is 6.72. The van der Waals surface area contributed by atoms with Crippen LogP contribution >= 0.6 is 11.7 Å². The van der Waals surface area contributed by atoms with E-state index in [4.69, 9.17) is 28.4 Å². The highest BCUT2D eigenvalue weighted by Crippen LogP contribution is 2.31. The Morgan fingerprint density at radius 1 is 1.13 bits per heavy atom. The van der Waals surface area contributed by atoms with Gasteiger partial charge in [-0.2, -0.15) is 4.37 Å². The number of hydrogen-bond acceptors (Lipinski definition) is 16. The highest BCUT2D eigenvalue weighted by Gasteiger charge is 2.27. The van der Waals surface area contributed by atoms with E-state index < -0.39 is 23.1 Å². The van der Waals surface area contributed by atoms with Gasteiger partial charge >= 0.3 is 11.9 Å². The molecule has 0 bridgehead atoms. The Kier molecular flexibility index (Phi) is 14.5. The van der Waals surface area contributed by atoms with E-state index in [1.807, 2.05) is 25.7 Å². The molecule has 0 unspecified atom stereocenters. The lowest BCUT2D eigenvalue weighted by molar-refractivity contribution is -0.757. The van der Waals surface area contributed by atoms with Crippen molar-refractivity contribution in [3.8, 4) is 17.4 Å². The molecule has 0 spiro atoms. The van der Waals surface area contributed by atoms with Crippen molar-refractivity contribution in [3.63, 3.8) is 0 Å². The van der Waals surface area contributed by atoms with E-state index in [0.29, 0.717) is 68.6 Å². The second-order valence-corrected chi connectivity index (χ2v) is 11.9. The van der Waals surface area contributed by atoms with Gasteiger partial charge in [-0.1, -0.05) is 6.42 Å². The first kappa shape index (κ1) is 36.5. The number of benzene rings is 1. The summed E-state index contributed by atoms with van der Waals surface area (Å²) in [6.45, 7) is 8.45. The maximum Gasteiger partial charge on any atom is 0.342 e. The van der Waals surface area contributed by atoms with Crippen molar-refractivity contribution in [1.82, 2.24) is 14.1 Å². The molecule has 3 rings (SSSR count). The summed E-state index contributed by atoms with van der Waals surface area (Å²) >= 11 is 1.04. The van der Waals surface area contributed by atoms with Crippen molar-refractivity contribution in [2.45, 2.75) is 64.7 Å². The van der Waals surface area contributed by atoms with E-state index in [1.54, 1.807) is 12.1 Å². The summed E-state index contributed by atoms with van der Waals surface area (Å²) in [4.78, 5) is 42.8. The standard InChI is InChI=1S/C29H43N5O11S/c1-29(2,3)30-17-22(19-43-27-26(31-46-32-27)33-10-13-41-14-11-33)45-28(36)25-20(15-21(39-4)16-23(25)40-5)18-42-24(35)9-7-6-8-12-44-34(37)38/h15-16,22,30H,6-14,17-19H2,1-5H3/t22-/m0/s1. The molecule has 1 atom stereocenters. The summed E-state index contributed by atoms with van der Waals surface area (Å²) in [5.74, 6) is 0.348. The molecule has 1 aromatic carbocycles. The van der Waals surface area contributed by atoms with Crippen LogP contribution in [0.1, 0.15) is 62.4 Å². The van der Waals surface area contributed by atoms with Crippen molar-refractivity contribution >= 4 is 29.5 Å². The molecule has 16 nitrogen and oxygen atoms in total. The summed E-state index contributed by atoms with van der Waals surface area (Å²) in [6, 6.07) is 3.12. The second-order valence-electron chi connectivity index (χ2n) is 11.4. The van der Waals surface area contributed by atoms with E-state index in [1.165, 1.54) is 14.2 Å². The maximum absolute atomic E-state index is 13.7. The van der Waals surface area contributed by atoms with Crippen molar-refractivity contribution in [2.75, 3.05) is 65.2 Å². The number of anilines is 1. The van der Waals surface area contributed by atoms with Gasteiger partial charge in [0.2, 0.25) is 5.82 Å². The van der Waals surface area contributed by atoms with E-state index in [9.17, 15) is 19.7 Å². The van der Waals surface area contributed by atoms with Crippen molar-refractivity contribution in [1.29, 1.82) is 0 Å². The molecule has 1 aliphatic rings. The van der Waals surface area contributed by atoms with Gasteiger partial charge in [0.15, 0.2) is 0 Å². The van der Waals surface area contributed by atoms with Crippen LogP contribution < -0.4 is 24.4 Å². The number of hydrogen-bond donors (Lipinski definition) is 1. The van der Waals surface area contributed by atoms with Crippen molar-refractivity contribution in [3.05, 3.63) is 33.4 Å². The van der Waals surface area contributed by atoms with Gasteiger partial charge in [0.05, 0.1) is 45.8 Å². The van der Waals surface area contributed by atoms with Crippen LogP contribution in [-0.4, -0.2) is 97.7 Å². The van der Waals surface area contributed by atoms with Crippen LogP contribution in [0.3, 0.4) is 0 Å². The van der Waals surface area contributed by atoms with E-state index in [2.05, 4.69) is 18.9 Å². The Bertz CT molecular complexity index is 1280. The molecule has 0 amide bonds. The van der Waals surface area contributed by atoms with Gasteiger partial charge in [-0.25, -0.2) is 4.79 Å². The van der Waals surface area contributed by atoms with Crippen molar-refractivity contribution < 1.29 is 47.9 Å². The number of carbonyl (C=O) groups excluding carboxylic acids is 2. The van der Waals surface area contributed by atoms with Gasteiger partial charge < -0.3 is 43.5 Å². The zero-order valence-electron chi connectivity index (χ0n) is 26.9. The molecular formula is C29H43N5O11S. The number of nitrogens with zero attached hydrogens (tertiary/aromatic N) is 4. The number of esters is 2. The van der Waals surface area contributed by atoms with Gasteiger partial charge in [0.25, 0.3) is 11.0 Å². The fourth-order valence-corrected chi connectivity index (χ4v) is 4.88. The smallest absolute Gasteiger partial charge is 0.342 e. The minimum absolute atomic E-state index is 0.00688. The second kappa shape index (κ2) is 18.3. The zero-order chi connectivity index (χ0) is 33.5. The lowest BCUT2D eigenvalue weighted by Crippen LogP contribution is -2.44. The molecular weight excluding hydrogens is 626 g/mol. The summed E-state index contributed by atoms with van der Waals surface area (Å²) in [6.07, 6.45) is 0.785. The van der Waals surface area contributed by atoms with Gasteiger partial charge in [-0.3, -0.25) is 4.79 Å². The number of unbranched alkanes of at least 4 members (excludes halogenated alkanes) is 2. The first-order chi connectivity index (χ1) is 22.0. The van der Waals surface area contributed by atoms with E-state index in [0.717, 1.165) is 11.7 Å². The predicted molar refractivity (Wildman–Crippen MR) is 166 cm³/mol. The molecule has 1 aromatic heterocycles. The number of aromatic nitrogens is 2. The normalized spacial score (nSPS) is 13.9. The largest absolute Gasteiger partial charge is 0.497 e. The number of rotatable bonds is 19. The Morgan fingerprint density at radius 3 is 2.57 bits per heavy atom. The van der Waals surface area contributed by atoms with Gasteiger partial charge in [0.1, 0.15) is 36.4 Å². The molecule has 1 aliphatic heterocycles. The average Bonchev–Trinajstić information content (AvgIpc) is 3.51. The van der Waals surface area contributed by atoms with Gasteiger partial charge in [0, 0.05) is 43.2 Å². The Morgan fingerprint density at radius 2 is 1.89 bits per heavy atom. The topological polar surface area (TPSA) is 183 Å². The summed E-state index contributed by atoms with van der Waals surface area (Å²) in [5, 5.41) is 12.7. The first-order valence-electron chi connectivity index (χ1n) is 14.9. The maximum atomic E-state index is 13.7. The fourth-order valence-electron chi connectivity index (χ4n) is 4.36. The fraction of sp³-hybridized carbons (Fsp3) is 0.655. The summed E-state index contributed by atoms with van der Waals surface area (Å²) < 4.78 is 42.5. The van der Waals surface area contributed by atoms with Crippen LogP contribution in [-0.2, 0) is 30.4 Å². The minimum Gasteiger partial charge on any atom is -0.497 e. The highest BCUT2D eigenvalue weighted by molar-refractivity contribution is 6.99. The molecule has 0 saturated carbocycles. The first-order valence-corrected chi connectivity index (χ1v) is 15.7. The van der Waals surface area contributed by atoms with Gasteiger partial charge in [-0.05, 0) is 39.7 Å². The summed E-state index contributed by atoms with van der Waals surface area (Å²) in [7, 11) is 2.88. The quantitative estimate of drug-likeness (QED) is 0.0995. The molecule has 256 valence electrons. The van der Waals surface area contributed by atoms with E-state index in [-0.39, 0.29) is 49.6 Å². The van der Waals surface area contributed by atoms with Crippen LogP contribution in [0.5, 0.6) is 17.4 Å². The van der Waals surface area contributed by atoms with Crippen LogP contribution in [0.4, 0.5) is 5.82 Å². The van der Waals surface area contributed by atoms with Crippen LogP contribution in [0.2, 0.25) is 0 Å². The molecule has 2 heterocycles.